The smallest absolute Gasteiger partial charge is 0.296 e. The summed E-state index contributed by atoms with van der Waals surface area (Å²) in [5.74, 6) is -0.760. The van der Waals surface area contributed by atoms with Crippen molar-refractivity contribution in [2.24, 2.45) is 10.2 Å². The molecule has 0 radical (unpaired) electrons. The molecule has 0 unspecified atom stereocenters. The zero-order chi connectivity index (χ0) is 14.6. The Bertz CT molecular complexity index is 587. The number of rotatable bonds is 4. The van der Waals surface area contributed by atoms with E-state index < -0.39 is 10.7 Å². The molecule has 19 heavy (non-hydrogen) atoms. The van der Waals surface area contributed by atoms with Crippen LogP contribution in [0.4, 0.5) is 11.4 Å². The van der Waals surface area contributed by atoms with Crippen LogP contribution in [0.2, 0.25) is 0 Å². The molecule has 0 saturated carbocycles. The maximum atomic E-state index is 11.2. The van der Waals surface area contributed by atoms with Gasteiger partial charge in [0, 0.05) is 13.0 Å². The second kappa shape index (κ2) is 5.85. The van der Waals surface area contributed by atoms with Crippen molar-refractivity contribution in [1.82, 2.24) is 0 Å². The number of benzene rings is 1. The molecule has 0 aliphatic rings. The number of nitro benzene ring substituents is 1. The average Bonchev–Trinajstić information content (AvgIpc) is 2.29. The fourth-order valence-electron chi connectivity index (χ4n) is 1.37. The van der Waals surface area contributed by atoms with Gasteiger partial charge in [-0.15, -0.1) is 10.2 Å². The van der Waals surface area contributed by atoms with E-state index in [1.54, 1.807) is 13.0 Å². The van der Waals surface area contributed by atoms with Crippen LogP contribution in [0.1, 0.15) is 19.4 Å². The molecular formula is C12H13N3O4. The van der Waals surface area contributed by atoms with Crippen molar-refractivity contribution in [1.29, 1.82) is 0 Å². The van der Waals surface area contributed by atoms with E-state index in [-0.39, 0.29) is 22.8 Å². The molecule has 100 valence electrons. The van der Waals surface area contributed by atoms with E-state index in [1.165, 1.54) is 26.0 Å². The van der Waals surface area contributed by atoms with Gasteiger partial charge in [-0.2, -0.15) is 0 Å². The number of carbonyl (C=O) groups excluding carboxylic acids is 1. The van der Waals surface area contributed by atoms with E-state index in [0.717, 1.165) is 0 Å². The molecule has 0 saturated heterocycles. The van der Waals surface area contributed by atoms with Crippen LogP contribution in [0.3, 0.4) is 0 Å². The lowest BCUT2D eigenvalue weighted by molar-refractivity contribution is -0.384. The summed E-state index contributed by atoms with van der Waals surface area (Å²) in [6.45, 7) is 4.23. The number of allylic oxidation sites excluding steroid dienone is 2. The predicted molar refractivity (Wildman–Crippen MR) is 68.4 cm³/mol. The lowest BCUT2D eigenvalue weighted by Gasteiger charge is -1.99. The van der Waals surface area contributed by atoms with Gasteiger partial charge in [0.1, 0.15) is 5.76 Å². The number of nitrogens with zero attached hydrogens (tertiary/aromatic N) is 3. The Morgan fingerprint density at radius 1 is 1.37 bits per heavy atom. The van der Waals surface area contributed by atoms with Gasteiger partial charge in [-0.1, -0.05) is 6.07 Å². The predicted octanol–water partition coefficient (Wildman–Crippen LogP) is 3.37. The highest BCUT2D eigenvalue weighted by atomic mass is 16.6. The van der Waals surface area contributed by atoms with Gasteiger partial charge in [-0.25, -0.2) is 0 Å². The van der Waals surface area contributed by atoms with Crippen molar-refractivity contribution in [3.63, 3.8) is 0 Å². The zero-order valence-corrected chi connectivity index (χ0v) is 10.7. The third kappa shape index (κ3) is 3.70. The van der Waals surface area contributed by atoms with Crippen molar-refractivity contribution in [2.45, 2.75) is 20.8 Å². The second-order valence-corrected chi connectivity index (χ2v) is 3.94. The Labute approximate surface area is 109 Å². The van der Waals surface area contributed by atoms with E-state index in [1.807, 2.05) is 0 Å². The van der Waals surface area contributed by atoms with Gasteiger partial charge < -0.3 is 5.11 Å². The van der Waals surface area contributed by atoms with Crippen molar-refractivity contribution in [2.75, 3.05) is 0 Å². The number of hydrogen-bond donors (Lipinski definition) is 1. The largest absolute Gasteiger partial charge is 0.510 e. The van der Waals surface area contributed by atoms with Crippen LogP contribution < -0.4 is 0 Å². The summed E-state index contributed by atoms with van der Waals surface area (Å²) in [6, 6.07) is 4.43. The van der Waals surface area contributed by atoms with Crippen LogP contribution in [0.15, 0.2) is 39.9 Å². The number of ketones is 1. The molecule has 0 bridgehead atoms. The molecule has 1 aromatic carbocycles. The van der Waals surface area contributed by atoms with Crippen LogP contribution in [0, 0.1) is 17.0 Å². The first kappa shape index (κ1) is 14.5. The minimum Gasteiger partial charge on any atom is -0.510 e. The van der Waals surface area contributed by atoms with E-state index in [0.29, 0.717) is 5.56 Å². The van der Waals surface area contributed by atoms with Crippen LogP contribution in [-0.4, -0.2) is 15.8 Å². The summed E-state index contributed by atoms with van der Waals surface area (Å²) in [5.41, 5.74) is 0.305. The molecule has 0 heterocycles. The highest BCUT2D eigenvalue weighted by molar-refractivity contribution is 5.93. The van der Waals surface area contributed by atoms with Crippen LogP contribution in [0.5, 0.6) is 0 Å². The van der Waals surface area contributed by atoms with Gasteiger partial charge in [0.05, 0.1) is 4.92 Å². The summed E-state index contributed by atoms with van der Waals surface area (Å²) in [4.78, 5) is 21.5. The number of Topliss-reactive ketones (excluding diaryl/α,β-unsaturated/α-hetero) is 1. The Morgan fingerprint density at radius 2 is 2.00 bits per heavy atom. The number of hydrogen-bond acceptors (Lipinski definition) is 6. The third-order valence-electron chi connectivity index (χ3n) is 2.26. The van der Waals surface area contributed by atoms with Gasteiger partial charge in [0.15, 0.2) is 17.2 Å². The standard InChI is InChI=1S/C12H13N3O4/c1-7-4-5-10(11(6-7)15(18)19)13-14-12(8(2)16)9(3)17/h4-6,16H,1-3H3. The molecule has 0 amide bonds. The van der Waals surface area contributed by atoms with Gasteiger partial charge in [0.2, 0.25) is 0 Å². The lowest BCUT2D eigenvalue weighted by Crippen LogP contribution is -1.96. The molecule has 0 spiro atoms. The summed E-state index contributed by atoms with van der Waals surface area (Å²) in [5, 5.41) is 27.3. The molecule has 7 heteroatoms. The lowest BCUT2D eigenvalue weighted by atomic mass is 10.2. The van der Waals surface area contributed by atoms with Gasteiger partial charge in [-0.05, 0) is 25.5 Å². The molecule has 0 aliphatic heterocycles. The Balaban J connectivity index is 3.23. The van der Waals surface area contributed by atoms with Crippen molar-refractivity contribution >= 4 is 17.2 Å². The molecule has 1 rings (SSSR count). The normalized spacial score (nSPS) is 12.4. The average molecular weight is 263 g/mol. The molecular weight excluding hydrogens is 250 g/mol. The molecule has 0 aliphatic carbocycles. The highest BCUT2D eigenvalue weighted by Gasteiger charge is 2.14. The van der Waals surface area contributed by atoms with Gasteiger partial charge >= 0.3 is 0 Å². The van der Waals surface area contributed by atoms with Gasteiger partial charge in [-0.3, -0.25) is 14.9 Å². The van der Waals surface area contributed by atoms with Crippen molar-refractivity contribution in [3.8, 4) is 0 Å². The number of aliphatic hydroxyl groups is 1. The Hall–Kier alpha value is -2.57. The van der Waals surface area contributed by atoms with E-state index in [9.17, 15) is 20.0 Å². The monoisotopic (exact) mass is 263 g/mol. The SMILES string of the molecule is CC(=O)C(N=Nc1ccc(C)cc1[N+](=O)[O-])=C(C)O. The first-order valence-electron chi connectivity index (χ1n) is 5.40. The maximum absolute atomic E-state index is 11.2. The van der Waals surface area contributed by atoms with Crippen molar-refractivity contribution in [3.05, 3.63) is 45.3 Å². The number of azo groups is 1. The molecule has 0 aromatic heterocycles. The quantitative estimate of drug-likeness (QED) is 0.295. The van der Waals surface area contributed by atoms with E-state index >= 15 is 0 Å². The molecule has 0 atom stereocenters. The maximum Gasteiger partial charge on any atom is 0.296 e. The number of carbonyl (C=O) groups is 1. The summed E-state index contributed by atoms with van der Waals surface area (Å²) < 4.78 is 0. The van der Waals surface area contributed by atoms with E-state index in [2.05, 4.69) is 10.2 Å². The number of aryl methyl sites for hydroxylation is 1. The topological polar surface area (TPSA) is 105 Å². The summed E-state index contributed by atoms with van der Waals surface area (Å²) >= 11 is 0. The second-order valence-electron chi connectivity index (χ2n) is 3.94. The van der Waals surface area contributed by atoms with E-state index in [4.69, 9.17) is 0 Å². The molecule has 0 fully saturated rings. The minimum absolute atomic E-state index is 0.0237. The minimum atomic E-state index is -0.579. The fraction of sp³-hybridized carbons (Fsp3) is 0.250. The van der Waals surface area contributed by atoms with Gasteiger partial charge in [0.25, 0.3) is 5.69 Å². The van der Waals surface area contributed by atoms with Crippen molar-refractivity contribution < 1.29 is 14.8 Å². The fourth-order valence-corrected chi connectivity index (χ4v) is 1.37. The third-order valence-corrected chi connectivity index (χ3v) is 2.26. The molecule has 7 nitrogen and oxygen atoms in total. The van der Waals surface area contributed by atoms with Crippen LogP contribution in [0.25, 0.3) is 0 Å². The summed E-state index contributed by atoms with van der Waals surface area (Å²) in [7, 11) is 0. The van der Waals surface area contributed by atoms with Crippen LogP contribution >= 0.6 is 0 Å². The molecule has 1 N–H and O–H groups in total. The first-order valence-corrected chi connectivity index (χ1v) is 5.40. The number of nitro groups is 1. The highest BCUT2D eigenvalue weighted by Crippen LogP contribution is 2.29. The Kier molecular flexibility index (Phi) is 4.46. The first-order chi connectivity index (χ1) is 8.82. The molecule has 1 aromatic rings. The summed E-state index contributed by atoms with van der Waals surface area (Å²) in [6.07, 6.45) is 0. The zero-order valence-electron chi connectivity index (χ0n) is 10.7. The Morgan fingerprint density at radius 3 is 2.47 bits per heavy atom. The van der Waals surface area contributed by atoms with Crippen LogP contribution in [-0.2, 0) is 4.79 Å². The number of aliphatic hydroxyl groups excluding tert-OH is 1.